The molecule has 1 aromatic carbocycles. The third kappa shape index (κ3) is 3.80. The number of benzene rings is 1. The molecule has 0 spiro atoms. The third-order valence-corrected chi connectivity index (χ3v) is 7.57. The maximum absolute atomic E-state index is 13.2. The third-order valence-electron chi connectivity index (χ3n) is 6.64. The fourth-order valence-electron chi connectivity index (χ4n) is 5.86. The summed E-state index contributed by atoms with van der Waals surface area (Å²) in [5, 5.41) is 2.91. The van der Waals surface area contributed by atoms with Crippen LogP contribution in [0.1, 0.15) is 57.4 Å². The van der Waals surface area contributed by atoms with Crippen LogP contribution in [0.15, 0.2) is 30.3 Å². The average Bonchev–Trinajstić information content (AvgIpc) is 2.62. The topological polar surface area (TPSA) is 55.4 Å². The molecule has 0 heterocycles. The van der Waals surface area contributed by atoms with E-state index in [1.54, 1.807) is 0 Å². The lowest BCUT2D eigenvalue weighted by Gasteiger charge is -2.58. The minimum absolute atomic E-state index is 0.105. The summed E-state index contributed by atoms with van der Waals surface area (Å²) in [5.41, 5.74) is 0.648. The minimum Gasteiger partial charge on any atom is -0.452 e. The lowest BCUT2D eigenvalue weighted by molar-refractivity contribution is -0.177. The van der Waals surface area contributed by atoms with E-state index in [2.05, 4.69) is 21.2 Å². The number of alkyl halides is 1. The lowest BCUT2D eigenvalue weighted by atomic mass is 9.49. The fraction of sp³-hybridized carbons (Fsp3) is 0.636. The summed E-state index contributed by atoms with van der Waals surface area (Å²) in [6.07, 6.45) is 6.09. The van der Waals surface area contributed by atoms with Gasteiger partial charge < -0.3 is 10.1 Å². The Balaban J connectivity index is 1.39. The van der Waals surface area contributed by atoms with Crippen molar-refractivity contribution in [3.8, 4) is 0 Å². The minimum atomic E-state index is -0.708. The van der Waals surface area contributed by atoms with Crippen molar-refractivity contribution < 1.29 is 14.3 Å². The average molecular weight is 434 g/mol. The number of nitrogens with one attached hydrogen (secondary N) is 1. The zero-order valence-corrected chi connectivity index (χ0v) is 17.5. The molecule has 1 aromatic rings. The van der Waals surface area contributed by atoms with Crippen LogP contribution < -0.4 is 5.32 Å². The van der Waals surface area contributed by atoms with Gasteiger partial charge in [-0.25, -0.2) is 0 Å². The van der Waals surface area contributed by atoms with Crippen molar-refractivity contribution in [2.24, 2.45) is 17.3 Å². The van der Waals surface area contributed by atoms with Crippen LogP contribution in [0.3, 0.4) is 0 Å². The predicted octanol–water partition coefficient (Wildman–Crippen LogP) is 4.36. The second-order valence-electron chi connectivity index (χ2n) is 8.90. The lowest BCUT2D eigenvalue weighted by Crippen LogP contribution is -2.57. The van der Waals surface area contributed by atoms with Crippen LogP contribution in [-0.4, -0.2) is 22.3 Å². The second-order valence-corrected chi connectivity index (χ2v) is 10.6. The SMILES string of the molecule is CCC(OC(=O)C12CC3CC(CC(Br)(C3)C1)C2)C(=O)NCc1ccccc1. The van der Waals surface area contributed by atoms with Gasteiger partial charge in [0.2, 0.25) is 0 Å². The van der Waals surface area contributed by atoms with Crippen molar-refractivity contribution in [2.75, 3.05) is 0 Å². The van der Waals surface area contributed by atoms with Crippen molar-refractivity contribution >= 4 is 27.8 Å². The Kier molecular flexibility index (Phi) is 5.08. The highest BCUT2D eigenvalue weighted by molar-refractivity contribution is 9.10. The molecule has 5 rings (SSSR count). The molecule has 3 unspecified atom stereocenters. The van der Waals surface area contributed by atoms with Gasteiger partial charge in [-0.2, -0.15) is 0 Å². The summed E-state index contributed by atoms with van der Waals surface area (Å²) in [4.78, 5) is 25.7. The molecule has 27 heavy (non-hydrogen) atoms. The van der Waals surface area contributed by atoms with E-state index >= 15 is 0 Å². The van der Waals surface area contributed by atoms with Gasteiger partial charge in [0.25, 0.3) is 5.91 Å². The number of carbonyl (C=O) groups excluding carboxylic acids is 2. The Bertz CT molecular complexity index is 706. The normalized spacial score (nSPS) is 34.9. The van der Waals surface area contributed by atoms with Gasteiger partial charge in [-0.3, -0.25) is 9.59 Å². The van der Waals surface area contributed by atoms with Gasteiger partial charge in [0, 0.05) is 10.9 Å². The highest BCUT2D eigenvalue weighted by Crippen LogP contribution is 2.64. The van der Waals surface area contributed by atoms with Crippen molar-refractivity contribution in [1.29, 1.82) is 0 Å². The van der Waals surface area contributed by atoms with Crippen LogP contribution in [0.25, 0.3) is 0 Å². The molecule has 4 aliphatic rings. The summed E-state index contributed by atoms with van der Waals surface area (Å²) < 4.78 is 5.91. The van der Waals surface area contributed by atoms with Crippen LogP contribution in [-0.2, 0) is 20.9 Å². The Morgan fingerprint density at radius 1 is 1.19 bits per heavy atom. The molecule has 0 saturated heterocycles. The summed E-state index contributed by atoms with van der Waals surface area (Å²) in [6, 6.07) is 9.78. The van der Waals surface area contributed by atoms with Gasteiger partial charge in [0.15, 0.2) is 6.10 Å². The number of halogens is 1. The molecular weight excluding hydrogens is 406 g/mol. The first kappa shape index (κ1) is 19.0. The smallest absolute Gasteiger partial charge is 0.312 e. The van der Waals surface area contributed by atoms with Crippen molar-refractivity contribution in [1.82, 2.24) is 5.32 Å². The molecule has 0 aliphatic heterocycles. The molecule has 4 nitrogen and oxygen atoms in total. The number of esters is 1. The van der Waals surface area contributed by atoms with Crippen LogP contribution in [0.5, 0.6) is 0 Å². The quantitative estimate of drug-likeness (QED) is 0.535. The van der Waals surface area contributed by atoms with E-state index in [1.165, 1.54) is 19.3 Å². The fourth-order valence-corrected chi connectivity index (χ4v) is 7.32. The van der Waals surface area contributed by atoms with E-state index in [0.29, 0.717) is 24.8 Å². The number of ether oxygens (including phenoxy) is 1. The summed E-state index contributed by atoms with van der Waals surface area (Å²) in [6.45, 7) is 2.35. The van der Waals surface area contributed by atoms with Gasteiger partial charge in [-0.1, -0.05) is 53.2 Å². The van der Waals surface area contributed by atoms with Gasteiger partial charge >= 0.3 is 5.97 Å². The molecule has 146 valence electrons. The molecule has 4 bridgehead atoms. The summed E-state index contributed by atoms with van der Waals surface area (Å²) >= 11 is 3.94. The number of hydrogen-bond acceptors (Lipinski definition) is 3. The maximum Gasteiger partial charge on any atom is 0.312 e. The number of amides is 1. The highest BCUT2D eigenvalue weighted by Gasteiger charge is 2.60. The Labute approximate surface area is 169 Å². The standard InChI is InChI=1S/C22H28BrNO3/c1-2-18(19(25)24-13-15-6-4-3-5-7-15)27-20(26)21-9-16-8-17(10-21)12-22(23,11-16)14-21/h3-7,16-18H,2,8-14H2,1H3,(H,24,25). The molecule has 3 atom stereocenters. The van der Waals surface area contributed by atoms with E-state index in [9.17, 15) is 9.59 Å². The van der Waals surface area contributed by atoms with E-state index in [-0.39, 0.29) is 21.6 Å². The highest BCUT2D eigenvalue weighted by atomic mass is 79.9. The first-order valence-corrected chi connectivity index (χ1v) is 10.9. The van der Waals surface area contributed by atoms with Crippen molar-refractivity contribution in [3.63, 3.8) is 0 Å². The molecule has 0 radical (unpaired) electrons. The molecule has 1 N–H and O–H groups in total. The first-order valence-electron chi connectivity index (χ1n) is 10.1. The Morgan fingerprint density at radius 2 is 1.85 bits per heavy atom. The van der Waals surface area contributed by atoms with Crippen LogP contribution in [0, 0.1) is 17.3 Å². The van der Waals surface area contributed by atoms with Crippen molar-refractivity contribution in [3.05, 3.63) is 35.9 Å². The maximum atomic E-state index is 13.2. The van der Waals surface area contributed by atoms with Crippen molar-refractivity contribution in [2.45, 2.75) is 68.8 Å². The summed E-state index contributed by atoms with van der Waals surface area (Å²) in [7, 11) is 0. The van der Waals surface area contributed by atoms with E-state index < -0.39 is 6.10 Å². The number of rotatable bonds is 6. The Morgan fingerprint density at radius 3 is 2.44 bits per heavy atom. The predicted molar refractivity (Wildman–Crippen MR) is 107 cm³/mol. The molecular formula is C22H28BrNO3. The monoisotopic (exact) mass is 433 g/mol. The zero-order chi connectivity index (χ0) is 19.1. The van der Waals surface area contributed by atoms with E-state index in [4.69, 9.17) is 4.74 Å². The molecule has 1 amide bonds. The number of hydrogen-bond donors (Lipinski definition) is 1. The number of carbonyl (C=O) groups is 2. The van der Waals surface area contributed by atoms with Gasteiger partial charge in [-0.15, -0.1) is 0 Å². The second kappa shape index (κ2) is 7.23. The summed E-state index contributed by atoms with van der Waals surface area (Å²) in [5.74, 6) is 0.880. The molecule has 4 saturated carbocycles. The van der Waals surface area contributed by atoms with Gasteiger partial charge in [-0.05, 0) is 62.3 Å². The molecule has 0 aromatic heterocycles. The van der Waals surface area contributed by atoms with E-state index in [1.807, 2.05) is 37.3 Å². The van der Waals surface area contributed by atoms with Gasteiger partial charge in [0.1, 0.15) is 0 Å². The molecule has 4 fully saturated rings. The van der Waals surface area contributed by atoms with E-state index in [0.717, 1.165) is 24.8 Å². The Hall–Kier alpha value is -1.36. The van der Waals surface area contributed by atoms with Crippen LogP contribution >= 0.6 is 15.9 Å². The molecule has 4 aliphatic carbocycles. The molecule has 5 heteroatoms. The van der Waals surface area contributed by atoms with Gasteiger partial charge in [0.05, 0.1) is 5.41 Å². The van der Waals surface area contributed by atoms with Crippen LogP contribution in [0.2, 0.25) is 0 Å². The largest absolute Gasteiger partial charge is 0.452 e. The first-order chi connectivity index (χ1) is 12.9. The van der Waals surface area contributed by atoms with Crippen LogP contribution in [0.4, 0.5) is 0 Å². The zero-order valence-electron chi connectivity index (χ0n) is 15.9.